The van der Waals surface area contributed by atoms with Crippen LogP contribution in [-0.4, -0.2) is 57.5 Å². The van der Waals surface area contributed by atoms with Gasteiger partial charge in [0, 0.05) is 34.9 Å². The summed E-state index contributed by atoms with van der Waals surface area (Å²) in [7, 11) is 0. The van der Waals surface area contributed by atoms with Gasteiger partial charge in [-0.2, -0.15) is 10.2 Å². The van der Waals surface area contributed by atoms with Crippen molar-refractivity contribution in [2.45, 2.75) is 31.8 Å². The summed E-state index contributed by atoms with van der Waals surface area (Å²) in [6.45, 7) is 2.00. The van der Waals surface area contributed by atoms with Crippen molar-refractivity contribution in [3.63, 3.8) is 0 Å². The first-order valence-electron chi connectivity index (χ1n) is 10.6. The van der Waals surface area contributed by atoms with Gasteiger partial charge in [-0.15, -0.1) is 0 Å². The van der Waals surface area contributed by atoms with E-state index in [9.17, 15) is 4.79 Å². The first kappa shape index (κ1) is 20.1. The van der Waals surface area contributed by atoms with Gasteiger partial charge >= 0.3 is 0 Å². The summed E-state index contributed by atoms with van der Waals surface area (Å²) in [5.74, 6) is 0.709. The summed E-state index contributed by atoms with van der Waals surface area (Å²) in [6.07, 6.45) is 3.38. The molecule has 0 bridgehead atoms. The van der Waals surface area contributed by atoms with Crippen LogP contribution in [0.25, 0.3) is 0 Å². The smallest absolute Gasteiger partial charge is 0.274 e. The van der Waals surface area contributed by atoms with Crippen molar-refractivity contribution in [3.8, 4) is 5.75 Å². The lowest BCUT2D eigenvalue weighted by atomic mass is 10.1. The fourth-order valence-corrected chi connectivity index (χ4v) is 4.35. The molecule has 8 nitrogen and oxygen atoms in total. The summed E-state index contributed by atoms with van der Waals surface area (Å²) >= 11 is 5.98. The van der Waals surface area contributed by atoms with Gasteiger partial charge in [-0.05, 0) is 43.5 Å². The SMILES string of the molecule is O=C(c1n[nH]c2c1CCC2)N1CCO[C@H](c2cc(CCOc3cccc(Cl)c3)[nH]n2)C1. The Morgan fingerprint density at radius 3 is 3.10 bits per heavy atom. The number of aromatic nitrogens is 4. The third-order valence-electron chi connectivity index (χ3n) is 5.78. The molecule has 1 fully saturated rings. The summed E-state index contributed by atoms with van der Waals surface area (Å²) in [6, 6.07) is 9.31. The maximum Gasteiger partial charge on any atom is 0.274 e. The van der Waals surface area contributed by atoms with Gasteiger partial charge in [0.15, 0.2) is 5.69 Å². The highest BCUT2D eigenvalue weighted by Gasteiger charge is 2.31. The van der Waals surface area contributed by atoms with Crippen molar-refractivity contribution in [1.82, 2.24) is 25.3 Å². The fourth-order valence-electron chi connectivity index (χ4n) is 4.17. The standard InChI is InChI=1S/C22H24ClN5O3/c23-14-3-1-4-16(11-14)30-9-7-15-12-19(26-24-15)20-13-28(8-10-31-20)22(29)21-17-5-2-6-18(17)25-27-21/h1,3-4,11-12,20H,2,5-10,13H2,(H,24,26)(H,25,27)/t20-/m0/s1. The van der Waals surface area contributed by atoms with Crippen LogP contribution in [0.4, 0.5) is 0 Å². The number of carbonyl (C=O) groups excluding carboxylic acids is 1. The quantitative estimate of drug-likeness (QED) is 0.612. The molecule has 3 aromatic rings. The van der Waals surface area contributed by atoms with Crippen LogP contribution in [0.1, 0.15) is 45.7 Å². The molecule has 1 amide bonds. The van der Waals surface area contributed by atoms with Gasteiger partial charge in [-0.3, -0.25) is 15.0 Å². The Hall–Kier alpha value is -2.84. The minimum Gasteiger partial charge on any atom is -0.493 e. The molecule has 0 unspecified atom stereocenters. The fraction of sp³-hybridized carbons (Fsp3) is 0.409. The van der Waals surface area contributed by atoms with E-state index in [2.05, 4.69) is 20.4 Å². The molecule has 31 heavy (non-hydrogen) atoms. The van der Waals surface area contributed by atoms with Crippen molar-refractivity contribution in [3.05, 3.63) is 63.7 Å². The van der Waals surface area contributed by atoms with E-state index in [4.69, 9.17) is 21.1 Å². The summed E-state index contributed by atoms with van der Waals surface area (Å²) < 4.78 is 11.6. The first-order chi connectivity index (χ1) is 15.2. The molecule has 0 radical (unpaired) electrons. The molecule has 2 aliphatic rings. The molecular weight excluding hydrogens is 418 g/mol. The van der Waals surface area contributed by atoms with Crippen LogP contribution in [-0.2, 0) is 24.0 Å². The van der Waals surface area contributed by atoms with E-state index in [1.165, 1.54) is 0 Å². The highest BCUT2D eigenvalue weighted by molar-refractivity contribution is 6.30. The molecular formula is C22H24ClN5O3. The number of ether oxygens (including phenoxy) is 2. The van der Waals surface area contributed by atoms with Crippen LogP contribution in [0.2, 0.25) is 5.02 Å². The third kappa shape index (κ3) is 4.31. The third-order valence-corrected chi connectivity index (χ3v) is 6.01. The number of hydrogen-bond donors (Lipinski definition) is 2. The number of benzene rings is 1. The summed E-state index contributed by atoms with van der Waals surface area (Å²) in [4.78, 5) is 14.9. The zero-order valence-corrected chi connectivity index (χ0v) is 17.8. The maximum atomic E-state index is 13.0. The average molecular weight is 442 g/mol. The Balaban J connectivity index is 1.19. The molecule has 9 heteroatoms. The van der Waals surface area contributed by atoms with E-state index in [0.29, 0.717) is 43.4 Å². The second-order valence-electron chi connectivity index (χ2n) is 7.87. The number of hydrogen-bond acceptors (Lipinski definition) is 5. The number of H-pyrrole nitrogens is 2. The number of aromatic amines is 2. The van der Waals surface area contributed by atoms with Gasteiger partial charge in [-0.1, -0.05) is 17.7 Å². The number of carbonyl (C=O) groups is 1. The number of nitrogens with zero attached hydrogens (tertiary/aromatic N) is 3. The molecule has 0 spiro atoms. The molecule has 2 aromatic heterocycles. The van der Waals surface area contributed by atoms with Crippen LogP contribution in [0, 0.1) is 0 Å². The van der Waals surface area contributed by atoms with Crippen LogP contribution in [0.3, 0.4) is 0 Å². The van der Waals surface area contributed by atoms with Crippen LogP contribution in [0.15, 0.2) is 30.3 Å². The number of rotatable bonds is 6. The molecule has 162 valence electrons. The van der Waals surface area contributed by atoms with Gasteiger partial charge < -0.3 is 14.4 Å². The minimum atomic E-state index is -0.261. The Labute approximate surface area is 184 Å². The highest BCUT2D eigenvalue weighted by Crippen LogP contribution is 2.27. The molecule has 2 N–H and O–H groups in total. The molecule has 5 rings (SSSR count). The van der Waals surface area contributed by atoms with E-state index in [1.54, 1.807) is 6.07 Å². The lowest BCUT2D eigenvalue weighted by Gasteiger charge is -2.31. The van der Waals surface area contributed by atoms with Crippen LogP contribution < -0.4 is 4.74 Å². The van der Waals surface area contributed by atoms with E-state index >= 15 is 0 Å². The van der Waals surface area contributed by atoms with Crippen LogP contribution in [0.5, 0.6) is 5.75 Å². The average Bonchev–Trinajstić information content (AvgIpc) is 3.51. The number of fused-ring (bicyclic) bond motifs is 1. The summed E-state index contributed by atoms with van der Waals surface area (Å²) in [5, 5.41) is 15.4. The van der Waals surface area contributed by atoms with E-state index < -0.39 is 0 Å². The minimum absolute atomic E-state index is 0.0293. The number of halogens is 1. The molecule has 1 aliphatic heterocycles. The van der Waals surface area contributed by atoms with Crippen molar-refractivity contribution in [1.29, 1.82) is 0 Å². The van der Waals surface area contributed by atoms with Gasteiger partial charge in [-0.25, -0.2) is 0 Å². The molecule has 0 saturated carbocycles. The molecule has 1 saturated heterocycles. The zero-order valence-electron chi connectivity index (χ0n) is 17.1. The number of amides is 1. The Bertz CT molecular complexity index is 1080. The van der Waals surface area contributed by atoms with Crippen molar-refractivity contribution in [2.75, 3.05) is 26.3 Å². The zero-order chi connectivity index (χ0) is 21.2. The van der Waals surface area contributed by atoms with E-state index in [-0.39, 0.29) is 12.0 Å². The predicted octanol–water partition coefficient (Wildman–Crippen LogP) is 3.11. The van der Waals surface area contributed by atoms with E-state index in [0.717, 1.165) is 47.7 Å². The van der Waals surface area contributed by atoms with Gasteiger partial charge in [0.1, 0.15) is 11.9 Å². The largest absolute Gasteiger partial charge is 0.493 e. The monoisotopic (exact) mass is 441 g/mol. The maximum absolute atomic E-state index is 13.0. The molecule has 3 heterocycles. The highest BCUT2D eigenvalue weighted by atomic mass is 35.5. The van der Waals surface area contributed by atoms with Crippen molar-refractivity contribution < 1.29 is 14.3 Å². The normalized spacial score (nSPS) is 18.2. The lowest BCUT2D eigenvalue weighted by Crippen LogP contribution is -2.42. The Kier molecular flexibility index (Phi) is 5.65. The van der Waals surface area contributed by atoms with Gasteiger partial charge in [0.25, 0.3) is 5.91 Å². The van der Waals surface area contributed by atoms with Gasteiger partial charge in [0.05, 0.1) is 25.5 Å². The Morgan fingerprint density at radius 2 is 2.19 bits per heavy atom. The van der Waals surface area contributed by atoms with Gasteiger partial charge in [0.2, 0.25) is 0 Å². The second kappa shape index (κ2) is 8.72. The van der Waals surface area contributed by atoms with Crippen molar-refractivity contribution in [2.24, 2.45) is 0 Å². The second-order valence-corrected chi connectivity index (χ2v) is 8.30. The molecule has 1 aliphatic carbocycles. The number of nitrogens with one attached hydrogen (secondary N) is 2. The first-order valence-corrected chi connectivity index (χ1v) is 10.9. The van der Waals surface area contributed by atoms with E-state index in [1.807, 2.05) is 29.2 Å². The van der Waals surface area contributed by atoms with Crippen molar-refractivity contribution >= 4 is 17.5 Å². The molecule has 1 aromatic carbocycles. The number of morpholine rings is 1. The topological polar surface area (TPSA) is 96.1 Å². The lowest BCUT2D eigenvalue weighted by molar-refractivity contribution is -0.0249. The summed E-state index contributed by atoms with van der Waals surface area (Å²) in [5.41, 5.74) is 4.49. The predicted molar refractivity (Wildman–Crippen MR) is 114 cm³/mol. The Morgan fingerprint density at radius 1 is 1.26 bits per heavy atom. The number of aryl methyl sites for hydroxylation is 1. The molecule has 1 atom stereocenters. The van der Waals surface area contributed by atoms with Crippen LogP contribution >= 0.6 is 11.6 Å².